The van der Waals surface area contributed by atoms with E-state index in [1.165, 1.54) is 0 Å². The third kappa shape index (κ3) is 3.50. The second kappa shape index (κ2) is 6.56. The van der Waals surface area contributed by atoms with Crippen LogP contribution in [0.15, 0.2) is 45.3 Å². The van der Waals surface area contributed by atoms with E-state index < -0.39 is 0 Å². The number of rotatable bonds is 4. The van der Waals surface area contributed by atoms with Crippen LogP contribution in [0.4, 0.5) is 11.4 Å². The summed E-state index contributed by atoms with van der Waals surface area (Å²) in [6.45, 7) is 0. The Morgan fingerprint density at radius 1 is 1.10 bits per heavy atom. The van der Waals surface area contributed by atoms with E-state index >= 15 is 0 Å². The van der Waals surface area contributed by atoms with Crippen LogP contribution < -0.4 is 15.8 Å². The van der Waals surface area contributed by atoms with Crippen molar-refractivity contribution in [2.75, 3.05) is 12.4 Å². The highest BCUT2D eigenvalue weighted by molar-refractivity contribution is 9.10. The molecule has 104 valence electrons. The second-order valence-corrected chi connectivity index (χ2v) is 6.18. The minimum absolute atomic E-state index is 0.371. The van der Waals surface area contributed by atoms with Crippen molar-refractivity contribution in [3.63, 3.8) is 0 Å². The second-order valence-electron chi connectivity index (χ2n) is 4.03. The van der Waals surface area contributed by atoms with Gasteiger partial charge in [0.2, 0.25) is 0 Å². The van der Waals surface area contributed by atoms with Crippen LogP contribution >= 0.6 is 44.1 Å². The fraction of sp³-hybridized carbons (Fsp3) is 0.0714. The Kier molecular flexibility index (Phi) is 5.01. The molecule has 0 spiro atoms. The third-order valence-electron chi connectivity index (χ3n) is 2.68. The molecule has 0 radical (unpaired) electrons. The summed E-state index contributed by atoms with van der Waals surface area (Å²) in [6.07, 6.45) is 0. The average Bonchev–Trinajstić information content (AvgIpc) is 2.38. The summed E-state index contributed by atoms with van der Waals surface area (Å²) in [5.41, 5.74) is 8.34. The van der Waals surface area contributed by atoms with Crippen molar-refractivity contribution in [1.82, 2.24) is 0 Å². The normalized spacial score (nSPS) is 10.2. The zero-order valence-corrected chi connectivity index (χ0v) is 14.6. The predicted octanol–water partition coefficient (Wildman–Crippen LogP) is 4.60. The Labute approximate surface area is 139 Å². The van der Waals surface area contributed by atoms with E-state index in [1.54, 1.807) is 7.11 Å². The quantitative estimate of drug-likeness (QED) is 0.716. The lowest BCUT2D eigenvalue weighted by Gasteiger charge is -2.11. The van der Waals surface area contributed by atoms with Crippen molar-refractivity contribution < 1.29 is 4.74 Å². The summed E-state index contributed by atoms with van der Waals surface area (Å²) in [5.74, 6) is 0.792. The highest BCUT2D eigenvalue weighted by Crippen LogP contribution is 2.30. The Balaban J connectivity index is 2.24. The highest BCUT2D eigenvalue weighted by Gasteiger charge is 2.05. The SMILES string of the molecule is COc1ccc(Nc2ccc(C(N)=S)c(Br)c2)cc1Br. The molecule has 0 aliphatic rings. The maximum absolute atomic E-state index is 5.63. The van der Waals surface area contributed by atoms with Crippen molar-refractivity contribution in [2.45, 2.75) is 0 Å². The Morgan fingerprint density at radius 3 is 2.20 bits per heavy atom. The van der Waals surface area contributed by atoms with Crippen molar-refractivity contribution in [2.24, 2.45) is 5.73 Å². The van der Waals surface area contributed by atoms with Gasteiger partial charge in [-0.3, -0.25) is 0 Å². The van der Waals surface area contributed by atoms with Gasteiger partial charge in [0.1, 0.15) is 10.7 Å². The first kappa shape index (κ1) is 15.3. The van der Waals surface area contributed by atoms with Gasteiger partial charge in [-0.1, -0.05) is 12.2 Å². The van der Waals surface area contributed by atoms with Crippen LogP contribution in [-0.2, 0) is 0 Å². The van der Waals surface area contributed by atoms with Crippen molar-refractivity contribution in [1.29, 1.82) is 0 Å². The molecule has 0 heterocycles. The maximum Gasteiger partial charge on any atom is 0.133 e. The average molecular weight is 416 g/mol. The summed E-state index contributed by atoms with van der Waals surface area (Å²) < 4.78 is 6.96. The van der Waals surface area contributed by atoms with Gasteiger partial charge in [-0.25, -0.2) is 0 Å². The van der Waals surface area contributed by atoms with Crippen LogP contribution in [0.25, 0.3) is 0 Å². The number of hydrogen-bond donors (Lipinski definition) is 2. The summed E-state index contributed by atoms with van der Waals surface area (Å²) >= 11 is 11.9. The van der Waals surface area contributed by atoms with Crippen LogP contribution in [0.2, 0.25) is 0 Å². The molecule has 3 nitrogen and oxygen atoms in total. The van der Waals surface area contributed by atoms with Crippen molar-refractivity contribution in [3.05, 3.63) is 50.9 Å². The lowest BCUT2D eigenvalue weighted by atomic mass is 10.2. The van der Waals surface area contributed by atoms with Crippen LogP contribution in [0, 0.1) is 0 Å². The van der Waals surface area contributed by atoms with Gasteiger partial charge in [0.25, 0.3) is 0 Å². The predicted molar refractivity (Wildman–Crippen MR) is 94.0 cm³/mol. The lowest BCUT2D eigenvalue weighted by molar-refractivity contribution is 0.412. The highest BCUT2D eigenvalue weighted by atomic mass is 79.9. The largest absolute Gasteiger partial charge is 0.496 e. The van der Waals surface area contributed by atoms with E-state index in [2.05, 4.69) is 37.2 Å². The molecule has 0 saturated heterocycles. The minimum Gasteiger partial charge on any atom is -0.496 e. The molecule has 0 unspecified atom stereocenters. The number of benzene rings is 2. The van der Waals surface area contributed by atoms with Gasteiger partial charge in [0.05, 0.1) is 11.6 Å². The maximum atomic E-state index is 5.63. The number of nitrogens with one attached hydrogen (secondary N) is 1. The van der Waals surface area contributed by atoms with Crippen LogP contribution in [0.3, 0.4) is 0 Å². The molecule has 2 rings (SSSR count). The molecule has 0 fully saturated rings. The standard InChI is InChI=1S/C14H12Br2N2OS/c1-19-13-5-3-9(7-12(13)16)18-8-2-4-10(14(17)20)11(15)6-8/h2-7,18H,1H3,(H2,17,20). The number of anilines is 2. The number of halogens is 2. The molecule has 0 aromatic heterocycles. The van der Waals surface area contributed by atoms with Gasteiger partial charge in [0.15, 0.2) is 0 Å². The zero-order valence-electron chi connectivity index (χ0n) is 10.6. The summed E-state index contributed by atoms with van der Waals surface area (Å²) in [4.78, 5) is 0.371. The fourth-order valence-corrected chi connectivity index (χ4v) is 3.15. The number of nitrogens with two attached hydrogens (primary N) is 1. The monoisotopic (exact) mass is 414 g/mol. The molecule has 2 aromatic carbocycles. The van der Waals surface area contributed by atoms with Crippen LogP contribution in [-0.4, -0.2) is 12.1 Å². The van der Waals surface area contributed by atoms with E-state index in [0.717, 1.165) is 31.6 Å². The summed E-state index contributed by atoms with van der Waals surface area (Å²) in [7, 11) is 1.64. The van der Waals surface area contributed by atoms with Gasteiger partial charge < -0.3 is 15.8 Å². The first-order valence-corrected chi connectivity index (χ1v) is 7.70. The molecular formula is C14H12Br2N2OS. The van der Waals surface area contributed by atoms with Gasteiger partial charge in [0, 0.05) is 21.4 Å². The third-order valence-corrected chi connectivity index (χ3v) is 4.17. The zero-order chi connectivity index (χ0) is 14.7. The molecule has 0 aliphatic heterocycles. The number of ether oxygens (including phenoxy) is 1. The van der Waals surface area contributed by atoms with Gasteiger partial charge in [-0.05, 0) is 68.3 Å². The van der Waals surface area contributed by atoms with Gasteiger partial charge in [-0.2, -0.15) is 0 Å². The molecule has 2 aromatic rings. The number of methoxy groups -OCH3 is 1. The molecule has 0 bridgehead atoms. The first-order valence-electron chi connectivity index (χ1n) is 5.71. The summed E-state index contributed by atoms with van der Waals surface area (Å²) in [5, 5.41) is 3.30. The van der Waals surface area contributed by atoms with E-state index in [-0.39, 0.29) is 0 Å². The molecule has 3 N–H and O–H groups in total. The van der Waals surface area contributed by atoms with Crippen LogP contribution in [0.5, 0.6) is 5.75 Å². The molecule has 0 aliphatic carbocycles. The smallest absolute Gasteiger partial charge is 0.133 e. The van der Waals surface area contributed by atoms with Crippen molar-refractivity contribution >= 4 is 60.4 Å². The van der Waals surface area contributed by atoms with Crippen LogP contribution in [0.1, 0.15) is 5.56 Å². The Bertz CT molecular complexity index is 662. The molecular weight excluding hydrogens is 404 g/mol. The summed E-state index contributed by atoms with van der Waals surface area (Å²) in [6, 6.07) is 11.5. The van der Waals surface area contributed by atoms with E-state index in [9.17, 15) is 0 Å². The molecule has 20 heavy (non-hydrogen) atoms. The van der Waals surface area contributed by atoms with Gasteiger partial charge in [-0.15, -0.1) is 0 Å². The molecule has 6 heteroatoms. The fourth-order valence-electron chi connectivity index (χ4n) is 1.70. The number of hydrogen-bond acceptors (Lipinski definition) is 3. The van der Waals surface area contributed by atoms with E-state index in [0.29, 0.717) is 4.99 Å². The topological polar surface area (TPSA) is 47.3 Å². The Hall–Kier alpha value is -1.11. The minimum atomic E-state index is 0.371. The first-order chi connectivity index (χ1) is 9.51. The van der Waals surface area contributed by atoms with Gasteiger partial charge >= 0.3 is 0 Å². The molecule has 0 atom stereocenters. The van der Waals surface area contributed by atoms with Crippen molar-refractivity contribution in [3.8, 4) is 5.75 Å². The molecule has 0 saturated carbocycles. The lowest BCUT2D eigenvalue weighted by Crippen LogP contribution is -2.10. The molecule has 0 amide bonds. The number of thiocarbonyl (C=S) groups is 1. The van der Waals surface area contributed by atoms with E-state index in [4.69, 9.17) is 22.7 Å². The Morgan fingerprint density at radius 2 is 1.70 bits per heavy atom. The van der Waals surface area contributed by atoms with E-state index in [1.807, 2.05) is 36.4 Å².